The number of carbonyl (C=O) groups is 1. The lowest BCUT2D eigenvalue weighted by atomic mass is 10.2. The molecule has 1 N–H and O–H groups in total. The second-order valence-corrected chi connectivity index (χ2v) is 8.83. The van der Waals surface area contributed by atoms with E-state index in [0.717, 1.165) is 22.7 Å². The minimum atomic E-state index is -3.94. The van der Waals surface area contributed by atoms with Crippen LogP contribution in [0.4, 0.5) is 5.69 Å². The van der Waals surface area contributed by atoms with Gasteiger partial charge in [-0.3, -0.25) is 9.10 Å². The van der Waals surface area contributed by atoms with Gasteiger partial charge in [-0.1, -0.05) is 23.8 Å². The first-order valence-corrected chi connectivity index (χ1v) is 11.0. The molecule has 1 fully saturated rings. The Balaban J connectivity index is 1.86. The van der Waals surface area contributed by atoms with Crippen molar-refractivity contribution < 1.29 is 22.7 Å². The van der Waals surface area contributed by atoms with Crippen LogP contribution in [0, 0.1) is 6.92 Å². The van der Waals surface area contributed by atoms with Gasteiger partial charge < -0.3 is 14.8 Å². The van der Waals surface area contributed by atoms with Crippen LogP contribution >= 0.6 is 0 Å². The molecule has 0 unspecified atom stereocenters. The van der Waals surface area contributed by atoms with Crippen molar-refractivity contribution in [3.8, 4) is 5.75 Å². The number of carbonyl (C=O) groups excluding carboxylic acids is 1. The fourth-order valence-electron chi connectivity index (χ4n) is 3.14. The van der Waals surface area contributed by atoms with E-state index in [0.29, 0.717) is 24.6 Å². The fraction of sp³-hybridized carbons (Fsp3) is 0.381. The summed E-state index contributed by atoms with van der Waals surface area (Å²) < 4.78 is 38.5. The SMILES string of the molecule is COc1cccc(N(CC(=O)NC[C@H]2CCCO2)S(=O)(=O)c2ccc(C)cc2)c1. The van der Waals surface area contributed by atoms with Crippen molar-refractivity contribution in [1.82, 2.24) is 5.32 Å². The highest BCUT2D eigenvalue weighted by molar-refractivity contribution is 7.92. The molecular formula is C21H26N2O5S. The number of aryl methyl sites for hydroxylation is 1. The Hall–Kier alpha value is -2.58. The summed E-state index contributed by atoms with van der Waals surface area (Å²) in [6.45, 7) is 2.61. The van der Waals surface area contributed by atoms with Crippen molar-refractivity contribution in [2.24, 2.45) is 0 Å². The van der Waals surface area contributed by atoms with Crippen LogP contribution in [-0.4, -0.2) is 47.2 Å². The zero-order valence-electron chi connectivity index (χ0n) is 16.6. The van der Waals surface area contributed by atoms with Gasteiger partial charge in [0.15, 0.2) is 0 Å². The Bertz CT molecular complexity index is 938. The van der Waals surface area contributed by atoms with E-state index in [4.69, 9.17) is 9.47 Å². The predicted octanol–water partition coefficient (Wildman–Crippen LogP) is 2.49. The second-order valence-electron chi connectivity index (χ2n) is 6.97. The Kier molecular flexibility index (Phi) is 6.76. The maximum Gasteiger partial charge on any atom is 0.264 e. The van der Waals surface area contributed by atoms with Gasteiger partial charge in [0.2, 0.25) is 5.91 Å². The maximum absolute atomic E-state index is 13.3. The molecule has 156 valence electrons. The van der Waals surface area contributed by atoms with Gasteiger partial charge in [-0.2, -0.15) is 0 Å². The molecule has 1 aliphatic heterocycles. The molecule has 0 bridgehead atoms. The number of nitrogens with one attached hydrogen (secondary N) is 1. The Morgan fingerprint density at radius 1 is 1.24 bits per heavy atom. The standard InChI is InChI=1S/C21H26N2O5S/c1-16-8-10-20(11-9-16)29(25,26)23(17-5-3-6-18(13-17)27-2)15-21(24)22-14-19-7-4-12-28-19/h3,5-6,8-11,13,19H,4,7,12,14-15H2,1-2H3,(H,22,24)/t19-/m1/s1. The molecule has 29 heavy (non-hydrogen) atoms. The average Bonchev–Trinajstić information content (AvgIpc) is 3.24. The summed E-state index contributed by atoms with van der Waals surface area (Å²) >= 11 is 0. The molecule has 1 heterocycles. The molecule has 1 aliphatic rings. The number of benzene rings is 2. The molecule has 0 aliphatic carbocycles. The highest BCUT2D eigenvalue weighted by atomic mass is 32.2. The van der Waals surface area contributed by atoms with E-state index in [1.54, 1.807) is 48.5 Å². The van der Waals surface area contributed by atoms with Crippen LogP contribution in [0.2, 0.25) is 0 Å². The number of hydrogen-bond acceptors (Lipinski definition) is 5. The molecule has 7 nitrogen and oxygen atoms in total. The van der Waals surface area contributed by atoms with Crippen LogP contribution in [0.5, 0.6) is 5.75 Å². The number of hydrogen-bond donors (Lipinski definition) is 1. The normalized spacial score (nSPS) is 16.4. The summed E-state index contributed by atoms with van der Waals surface area (Å²) in [5, 5.41) is 2.78. The molecule has 0 aromatic heterocycles. The van der Waals surface area contributed by atoms with Crippen molar-refractivity contribution in [1.29, 1.82) is 0 Å². The number of amides is 1. The van der Waals surface area contributed by atoms with Crippen LogP contribution < -0.4 is 14.4 Å². The van der Waals surface area contributed by atoms with Crippen molar-refractivity contribution in [3.05, 3.63) is 54.1 Å². The summed E-state index contributed by atoms with van der Waals surface area (Å²) in [4.78, 5) is 12.7. The van der Waals surface area contributed by atoms with Gasteiger partial charge in [-0.25, -0.2) is 8.42 Å². The summed E-state index contributed by atoms with van der Waals surface area (Å²) in [7, 11) is -2.44. The number of methoxy groups -OCH3 is 1. The summed E-state index contributed by atoms with van der Waals surface area (Å²) in [6, 6.07) is 13.2. The van der Waals surface area contributed by atoms with Gasteiger partial charge in [0.05, 0.1) is 23.8 Å². The van der Waals surface area contributed by atoms with Crippen LogP contribution in [-0.2, 0) is 19.6 Å². The van der Waals surface area contributed by atoms with Crippen LogP contribution in [0.1, 0.15) is 18.4 Å². The maximum atomic E-state index is 13.3. The van der Waals surface area contributed by atoms with E-state index in [2.05, 4.69) is 5.32 Å². The van der Waals surface area contributed by atoms with E-state index in [9.17, 15) is 13.2 Å². The zero-order chi connectivity index (χ0) is 20.9. The smallest absolute Gasteiger partial charge is 0.264 e. The monoisotopic (exact) mass is 418 g/mol. The number of anilines is 1. The summed E-state index contributed by atoms with van der Waals surface area (Å²) in [5.41, 5.74) is 1.31. The first kappa shape index (κ1) is 21.1. The number of ether oxygens (including phenoxy) is 2. The van der Waals surface area contributed by atoms with Gasteiger partial charge in [-0.05, 0) is 44.0 Å². The molecule has 0 saturated carbocycles. The molecular weight excluding hydrogens is 392 g/mol. The van der Waals surface area contributed by atoms with E-state index < -0.39 is 10.0 Å². The highest BCUT2D eigenvalue weighted by Gasteiger charge is 2.28. The third kappa shape index (κ3) is 5.27. The summed E-state index contributed by atoms with van der Waals surface area (Å²) in [6.07, 6.45) is 1.85. The molecule has 3 rings (SSSR count). The van der Waals surface area contributed by atoms with Crippen molar-refractivity contribution in [3.63, 3.8) is 0 Å². The lowest BCUT2D eigenvalue weighted by Crippen LogP contribution is -2.42. The third-order valence-corrected chi connectivity index (χ3v) is 6.58. The molecule has 0 radical (unpaired) electrons. The number of sulfonamides is 1. The van der Waals surface area contributed by atoms with E-state index in [1.165, 1.54) is 7.11 Å². The lowest BCUT2D eigenvalue weighted by Gasteiger charge is -2.25. The van der Waals surface area contributed by atoms with Crippen molar-refractivity contribution >= 4 is 21.6 Å². The van der Waals surface area contributed by atoms with Crippen LogP contribution in [0.15, 0.2) is 53.4 Å². The number of nitrogens with zero attached hydrogens (tertiary/aromatic N) is 1. The van der Waals surface area contributed by atoms with Crippen molar-refractivity contribution in [2.45, 2.75) is 30.8 Å². The van der Waals surface area contributed by atoms with Gasteiger partial charge >= 0.3 is 0 Å². The molecule has 8 heteroatoms. The zero-order valence-corrected chi connectivity index (χ0v) is 17.4. The minimum absolute atomic E-state index is 0.0158. The van der Waals surface area contributed by atoms with E-state index in [1.807, 2.05) is 6.92 Å². The quantitative estimate of drug-likeness (QED) is 0.712. The first-order chi connectivity index (χ1) is 13.9. The molecule has 0 spiro atoms. The molecule has 1 saturated heterocycles. The largest absolute Gasteiger partial charge is 0.497 e. The number of rotatable bonds is 8. The Labute approximate surface area is 171 Å². The lowest BCUT2D eigenvalue weighted by molar-refractivity contribution is -0.120. The fourth-order valence-corrected chi connectivity index (χ4v) is 4.55. The average molecular weight is 419 g/mol. The van der Waals surface area contributed by atoms with Gasteiger partial charge in [-0.15, -0.1) is 0 Å². The molecule has 1 amide bonds. The van der Waals surface area contributed by atoms with Crippen LogP contribution in [0.25, 0.3) is 0 Å². The van der Waals surface area contributed by atoms with Gasteiger partial charge in [0.25, 0.3) is 10.0 Å². The topological polar surface area (TPSA) is 84.9 Å². The second kappa shape index (κ2) is 9.28. The molecule has 1 atom stereocenters. The van der Waals surface area contributed by atoms with Crippen molar-refractivity contribution in [2.75, 3.05) is 31.1 Å². The first-order valence-electron chi connectivity index (χ1n) is 9.52. The highest BCUT2D eigenvalue weighted by Crippen LogP contribution is 2.27. The summed E-state index contributed by atoms with van der Waals surface area (Å²) in [5.74, 6) is 0.116. The Morgan fingerprint density at radius 2 is 2.00 bits per heavy atom. The van der Waals surface area contributed by atoms with Gasteiger partial charge in [0, 0.05) is 19.2 Å². The predicted molar refractivity (Wildman–Crippen MR) is 111 cm³/mol. The third-order valence-electron chi connectivity index (χ3n) is 4.79. The molecule has 2 aromatic carbocycles. The van der Waals surface area contributed by atoms with E-state index in [-0.39, 0.29) is 23.5 Å². The van der Waals surface area contributed by atoms with Crippen LogP contribution in [0.3, 0.4) is 0 Å². The Morgan fingerprint density at radius 3 is 2.66 bits per heavy atom. The molecule has 2 aromatic rings. The minimum Gasteiger partial charge on any atom is -0.497 e. The van der Waals surface area contributed by atoms with Gasteiger partial charge in [0.1, 0.15) is 12.3 Å². The van der Waals surface area contributed by atoms with E-state index >= 15 is 0 Å².